The highest BCUT2D eigenvalue weighted by Gasteiger charge is 2.25. The zero-order chi connectivity index (χ0) is 15.2. The van der Waals surface area contributed by atoms with Gasteiger partial charge in [-0.2, -0.15) is 0 Å². The first-order valence-corrected chi connectivity index (χ1v) is 6.50. The molecule has 0 saturated carbocycles. The molecule has 0 aliphatic rings. The number of hydrogen-bond acceptors (Lipinski definition) is 3. The van der Waals surface area contributed by atoms with Gasteiger partial charge in [-0.3, -0.25) is 9.59 Å². The van der Waals surface area contributed by atoms with Gasteiger partial charge in [0.25, 0.3) is 5.91 Å². The molecule has 1 atom stereocenters. The molecule has 0 aliphatic carbocycles. The lowest BCUT2D eigenvalue weighted by Crippen LogP contribution is -2.47. The van der Waals surface area contributed by atoms with Gasteiger partial charge in [0.15, 0.2) is 0 Å². The van der Waals surface area contributed by atoms with Crippen LogP contribution in [-0.2, 0) is 4.79 Å². The van der Waals surface area contributed by atoms with Gasteiger partial charge in [-0.1, -0.05) is 13.0 Å². The van der Waals surface area contributed by atoms with E-state index in [9.17, 15) is 9.59 Å². The number of nitrogens with two attached hydrogens (primary N) is 1. The quantitative estimate of drug-likeness (QED) is 0.690. The van der Waals surface area contributed by atoms with E-state index in [4.69, 9.17) is 5.73 Å². The lowest BCUT2D eigenvalue weighted by molar-refractivity contribution is -0.120. The third-order valence-electron chi connectivity index (χ3n) is 3.07. The van der Waals surface area contributed by atoms with Gasteiger partial charge in [-0.15, -0.1) is 6.58 Å². The number of nitrogens with one attached hydrogen (secondary N) is 2. The molecule has 1 aromatic rings. The maximum atomic E-state index is 11.9. The molecule has 0 aromatic heterocycles. The monoisotopic (exact) mass is 275 g/mol. The summed E-state index contributed by atoms with van der Waals surface area (Å²) in [6.45, 7) is 7.48. The van der Waals surface area contributed by atoms with Gasteiger partial charge in [0.2, 0.25) is 5.91 Å². The minimum atomic E-state index is -0.903. The van der Waals surface area contributed by atoms with Gasteiger partial charge in [0, 0.05) is 17.8 Å². The van der Waals surface area contributed by atoms with Crippen molar-refractivity contribution in [1.82, 2.24) is 5.32 Å². The van der Waals surface area contributed by atoms with Crippen LogP contribution in [0.1, 0.15) is 30.6 Å². The molecule has 1 aromatic carbocycles. The van der Waals surface area contributed by atoms with Crippen LogP contribution in [0.15, 0.2) is 36.9 Å². The first-order valence-electron chi connectivity index (χ1n) is 6.50. The van der Waals surface area contributed by atoms with Crippen molar-refractivity contribution in [3.63, 3.8) is 0 Å². The molecule has 0 spiro atoms. The Morgan fingerprint density at radius 1 is 1.35 bits per heavy atom. The first-order chi connectivity index (χ1) is 9.40. The second-order valence-electron chi connectivity index (χ2n) is 4.80. The molecule has 1 rings (SSSR count). The molecule has 5 nitrogen and oxygen atoms in total. The number of benzene rings is 1. The summed E-state index contributed by atoms with van der Waals surface area (Å²) in [5.74, 6) is -0.427. The van der Waals surface area contributed by atoms with Gasteiger partial charge in [0.1, 0.15) is 0 Å². The van der Waals surface area contributed by atoms with Gasteiger partial charge in [-0.25, -0.2) is 0 Å². The molecule has 2 amide bonds. The van der Waals surface area contributed by atoms with E-state index in [0.29, 0.717) is 24.2 Å². The van der Waals surface area contributed by atoms with Crippen LogP contribution < -0.4 is 16.4 Å². The largest absolute Gasteiger partial charge is 0.349 e. The Kier molecular flexibility index (Phi) is 5.46. The molecule has 0 aliphatic heterocycles. The highest BCUT2D eigenvalue weighted by Crippen LogP contribution is 2.13. The van der Waals surface area contributed by atoms with Crippen molar-refractivity contribution in [3.8, 4) is 0 Å². The summed E-state index contributed by atoms with van der Waals surface area (Å²) in [6, 6.07) is 6.64. The molecule has 0 saturated heterocycles. The Morgan fingerprint density at radius 3 is 2.45 bits per heavy atom. The number of amides is 2. The third-order valence-corrected chi connectivity index (χ3v) is 3.07. The fraction of sp³-hybridized carbons (Fsp3) is 0.333. The predicted molar refractivity (Wildman–Crippen MR) is 80.5 cm³/mol. The number of rotatable bonds is 6. The fourth-order valence-corrected chi connectivity index (χ4v) is 1.41. The maximum Gasteiger partial charge on any atom is 0.251 e. The smallest absolute Gasteiger partial charge is 0.251 e. The van der Waals surface area contributed by atoms with Crippen molar-refractivity contribution in [1.29, 1.82) is 0 Å². The van der Waals surface area contributed by atoms with Crippen LogP contribution in [-0.4, -0.2) is 23.9 Å². The normalized spacial score (nSPS) is 13.2. The standard InChI is InChI=1S/C15H21N3O2/c1-4-10-17-13(19)11-6-8-12(9-7-11)18-14(20)15(3,16)5-2/h4,6-9H,1,5,10,16H2,2-3H3,(H,17,19)(H,18,20). The number of carbonyl (C=O) groups excluding carboxylic acids is 2. The van der Waals surface area contributed by atoms with Crippen molar-refractivity contribution in [2.75, 3.05) is 11.9 Å². The van der Waals surface area contributed by atoms with Crippen LogP contribution in [0.2, 0.25) is 0 Å². The minimum Gasteiger partial charge on any atom is -0.349 e. The highest BCUT2D eigenvalue weighted by molar-refractivity contribution is 5.98. The molecule has 20 heavy (non-hydrogen) atoms. The molecule has 0 radical (unpaired) electrons. The van der Waals surface area contributed by atoms with Crippen LogP contribution >= 0.6 is 0 Å². The lowest BCUT2D eigenvalue weighted by atomic mass is 9.99. The summed E-state index contributed by atoms with van der Waals surface area (Å²) in [6.07, 6.45) is 2.15. The number of anilines is 1. The fourth-order valence-electron chi connectivity index (χ4n) is 1.41. The zero-order valence-electron chi connectivity index (χ0n) is 11.9. The van der Waals surface area contributed by atoms with Gasteiger partial charge >= 0.3 is 0 Å². The summed E-state index contributed by atoms with van der Waals surface area (Å²) in [7, 11) is 0. The second kappa shape index (κ2) is 6.86. The summed E-state index contributed by atoms with van der Waals surface area (Å²) in [4.78, 5) is 23.6. The molecule has 4 N–H and O–H groups in total. The number of carbonyl (C=O) groups is 2. The lowest BCUT2D eigenvalue weighted by Gasteiger charge is -2.21. The van der Waals surface area contributed by atoms with Crippen molar-refractivity contribution in [2.45, 2.75) is 25.8 Å². The molecule has 108 valence electrons. The third kappa shape index (κ3) is 4.20. The molecule has 0 heterocycles. The number of hydrogen-bond donors (Lipinski definition) is 3. The SMILES string of the molecule is C=CCNC(=O)c1ccc(NC(=O)C(C)(N)CC)cc1. The summed E-state index contributed by atoms with van der Waals surface area (Å²) < 4.78 is 0. The summed E-state index contributed by atoms with van der Waals surface area (Å²) in [5.41, 5.74) is 6.09. The van der Waals surface area contributed by atoms with E-state index in [1.807, 2.05) is 6.92 Å². The van der Waals surface area contributed by atoms with E-state index >= 15 is 0 Å². The van der Waals surface area contributed by atoms with Crippen LogP contribution in [0.5, 0.6) is 0 Å². The average Bonchev–Trinajstić information content (AvgIpc) is 2.45. The highest BCUT2D eigenvalue weighted by atomic mass is 16.2. The molecule has 0 bridgehead atoms. The van der Waals surface area contributed by atoms with Crippen molar-refractivity contribution >= 4 is 17.5 Å². The zero-order valence-corrected chi connectivity index (χ0v) is 11.9. The Hall–Kier alpha value is -2.14. The topological polar surface area (TPSA) is 84.2 Å². The first kappa shape index (κ1) is 15.9. The molecular formula is C15H21N3O2. The molecule has 0 fully saturated rings. The predicted octanol–water partition coefficient (Wildman–Crippen LogP) is 1.67. The molecular weight excluding hydrogens is 254 g/mol. The van der Waals surface area contributed by atoms with Gasteiger partial charge in [-0.05, 0) is 37.6 Å². The van der Waals surface area contributed by atoms with Crippen LogP contribution in [0, 0.1) is 0 Å². The minimum absolute atomic E-state index is 0.181. The average molecular weight is 275 g/mol. The Balaban J connectivity index is 2.70. The van der Waals surface area contributed by atoms with Crippen LogP contribution in [0.4, 0.5) is 5.69 Å². The van der Waals surface area contributed by atoms with Crippen molar-refractivity contribution in [3.05, 3.63) is 42.5 Å². The summed E-state index contributed by atoms with van der Waals surface area (Å²) in [5, 5.41) is 5.41. The van der Waals surface area contributed by atoms with Gasteiger partial charge < -0.3 is 16.4 Å². The van der Waals surface area contributed by atoms with Crippen LogP contribution in [0.25, 0.3) is 0 Å². The maximum absolute atomic E-state index is 11.9. The van der Waals surface area contributed by atoms with E-state index < -0.39 is 5.54 Å². The van der Waals surface area contributed by atoms with E-state index in [-0.39, 0.29) is 11.8 Å². The Morgan fingerprint density at radius 2 is 1.95 bits per heavy atom. The van der Waals surface area contributed by atoms with E-state index in [0.717, 1.165) is 0 Å². The van der Waals surface area contributed by atoms with Crippen LogP contribution in [0.3, 0.4) is 0 Å². The van der Waals surface area contributed by atoms with Crippen molar-refractivity contribution in [2.24, 2.45) is 5.73 Å². The van der Waals surface area contributed by atoms with E-state index in [2.05, 4.69) is 17.2 Å². The molecule has 1 unspecified atom stereocenters. The van der Waals surface area contributed by atoms with E-state index in [1.54, 1.807) is 37.3 Å². The van der Waals surface area contributed by atoms with Gasteiger partial charge in [0.05, 0.1) is 5.54 Å². The van der Waals surface area contributed by atoms with Crippen molar-refractivity contribution < 1.29 is 9.59 Å². The van der Waals surface area contributed by atoms with E-state index in [1.165, 1.54) is 0 Å². The Bertz CT molecular complexity index is 492. The second-order valence-corrected chi connectivity index (χ2v) is 4.80. The Labute approximate surface area is 119 Å². The molecule has 5 heteroatoms. The summed E-state index contributed by atoms with van der Waals surface area (Å²) >= 11 is 0.